The molecule has 0 radical (unpaired) electrons. The summed E-state index contributed by atoms with van der Waals surface area (Å²) in [5.74, 6) is -0.104. The molecule has 0 aliphatic rings. The van der Waals surface area contributed by atoms with Crippen molar-refractivity contribution in [1.82, 2.24) is 10.2 Å². The molecule has 1 aromatic heterocycles. The van der Waals surface area contributed by atoms with Crippen LogP contribution in [0.2, 0.25) is 0 Å². The van der Waals surface area contributed by atoms with E-state index < -0.39 is 5.97 Å². The summed E-state index contributed by atoms with van der Waals surface area (Å²) in [6.45, 7) is 0.304. The molecule has 6 heteroatoms. The Hall–Kier alpha value is -2.63. The molecule has 0 bridgehead atoms. The van der Waals surface area contributed by atoms with E-state index in [1.807, 2.05) is 24.3 Å². The molecule has 0 unspecified atom stereocenters. The van der Waals surface area contributed by atoms with Crippen LogP contribution >= 0.6 is 0 Å². The smallest absolute Gasteiger partial charge is 0.356 e. The van der Waals surface area contributed by atoms with Crippen LogP contribution in [-0.2, 0) is 6.61 Å². The molecule has 1 N–H and O–H groups in total. The van der Waals surface area contributed by atoms with Crippen LogP contribution in [0.5, 0.6) is 11.6 Å². The SMILES string of the molecule is COc1cccc(COc2ccc(C(=O)O)nn2)c1. The second-order valence-electron chi connectivity index (χ2n) is 3.70. The lowest BCUT2D eigenvalue weighted by Crippen LogP contribution is -2.04. The number of aromatic carboxylic acids is 1. The van der Waals surface area contributed by atoms with E-state index in [0.717, 1.165) is 11.3 Å². The molecule has 0 atom stereocenters. The topological polar surface area (TPSA) is 81.5 Å². The van der Waals surface area contributed by atoms with Gasteiger partial charge in [0.1, 0.15) is 12.4 Å². The molecular formula is C13H12N2O4. The Morgan fingerprint density at radius 3 is 2.74 bits per heavy atom. The lowest BCUT2D eigenvalue weighted by molar-refractivity contribution is 0.0689. The third-order valence-electron chi connectivity index (χ3n) is 2.38. The highest BCUT2D eigenvalue weighted by molar-refractivity contribution is 5.84. The van der Waals surface area contributed by atoms with Crippen molar-refractivity contribution in [2.45, 2.75) is 6.61 Å². The number of nitrogens with zero attached hydrogens (tertiary/aromatic N) is 2. The van der Waals surface area contributed by atoms with Gasteiger partial charge in [0.15, 0.2) is 5.69 Å². The highest BCUT2D eigenvalue weighted by Gasteiger charge is 2.05. The van der Waals surface area contributed by atoms with E-state index in [2.05, 4.69) is 10.2 Å². The summed E-state index contributed by atoms with van der Waals surface area (Å²) < 4.78 is 10.5. The van der Waals surface area contributed by atoms with Gasteiger partial charge in [-0.1, -0.05) is 12.1 Å². The lowest BCUT2D eigenvalue weighted by atomic mass is 10.2. The zero-order valence-corrected chi connectivity index (χ0v) is 10.2. The zero-order chi connectivity index (χ0) is 13.7. The number of carboxylic acid groups (broad SMARTS) is 1. The van der Waals surface area contributed by atoms with Crippen LogP contribution in [0.4, 0.5) is 0 Å². The van der Waals surface area contributed by atoms with Gasteiger partial charge in [-0.2, -0.15) is 0 Å². The molecule has 2 rings (SSSR count). The van der Waals surface area contributed by atoms with Crippen LogP contribution in [0.3, 0.4) is 0 Å². The summed E-state index contributed by atoms with van der Waals surface area (Å²) in [6, 6.07) is 10.2. The van der Waals surface area contributed by atoms with Gasteiger partial charge in [-0.15, -0.1) is 10.2 Å². The van der Waals surface area contributed by atoms with Gasteiger partial charge in [-0.3, -0.25) is 0 Å². The van der Waals surface area contributed by atoms with Crippen molar-refractivity contribution < 1.29 is 19.4 Å². The average molecular weight is 260 g/mol. The molecule has 1 heterocycles. The van der Waals surface area contributed by atoms with Crippen LogP contribution in [-0.4, -0.2) is 28.4 Å². The Balaban J connectivity index is 1.99. The van der Waals surface area contributed by atoms with E-state index in [-0.39, 0.29) is 11.6 Å². The van der Waals surface area contributed by atoms with E-state index >= 15 is 0 Å². The minimum absolute atomic E-state index is 0.117. The summed E-state index contributed by atoms with van der Waals surface area (Å²) in [4.78, 5) is 10.6. The Labute approximate surface area is 109 Å². The third-order valence-corrected chi connectivity index (χ3v) is 2.38. The summed E-state index contributed by atoms with van der Waals surface area (Å²) in [5, 5.41) is 15.9. The van der Waals surface area contributed by atoms with E-state index in [4.69, 9.17) is 14.6 Å². The van der Waals surface area contributed by atoms with Gasteiger partial charge >= 0.3 is 5.97 Å². The molecule has 0 saturated heterocycles. The maximum Gasteiger partial charge on any atom is 0.356 e. The van der Waals surface area contributed by atoms with E-state index in [1.54, 1.807) is 7.11 Å². The normalized spacial score (nSPS) is 9.95. The van der Waals surface area contributed by atoms with Crippen molar-refractivity contribution >= 4 is 5.97 Å². The van der Waals surface area contributed by atoms with Crippen LogP contribution < -0.4 is 9.47 Å². The minimum atomic E-state index is -1.12. The van der Waals surface area contributed by atoms with Gasteiger partial charge < -0.3 is 14.6 Å². The first kappa shape index (κ1) is 12.8. The van der Waals surface area contributed by atoms with E-state index in [9.17, 15) is 4.79 Å². The highest BCUT2D eigenvalue weighted by Crippen LogP contribution is 2.14. The quantitative estimate of drug-likeness (QED) is 0.882. The summed E-state index contributed by atoms with van der Waals surface area (Å²) >= 11 is 0. The first-order chi connectivity index (χ1) is 9.19. The first-order valence-electron chi connectivity index (χ1n) is 5.52. The Morgan fingerprint density at radius 1 is 1.26 bits per heavy atom. The maximum atomic E-state index is 10.6. The second kappa shape index (κ2) is 5.81. The fourth-order valence-electron chi connectivity index (χ4n) is 1.43. The molecule has 98 valence electrons. The molecule has 1 aromatic carbocycles. The number of hydrogen-bond acceptors (Lipinski definition) is 5. The molecule has 0 aliphatic carbocycles. The van der Waals surface area contributed by atoms with Crippen molar-refractivity contribution in [3.05, 3.63) is 47.7 Å². The van der Waals surface area contributed by atoms with Crippen LogP contribution in [0.25, 0.3) is 0 Å². The summed E-state index contributed by atoms with van der Waals surface area (Å²) in [5.41, 5.74) is 0.803. The van der Waals surface area contributed by atoms with Crippen molar-refractivity contribution in [2.75, 3.05) is 7.11 Å². The predicted molar refractivity (Wildman–Crippen MR) is 66.3 cm³/mol. The summed E-state index contributed by atoms with van der Waals surface area (Å²) in [7, 11) is 1.59. The van der Waals surface area contributed by atoms with Gasteiger partial charge in [0.2, 0.25) is 5.88 Å². The Morgan fingerprint density at radius 2 is 2.11 bits per heavy atom. The number of benzene rings is 1. The number of carboxylic acids is 1. The molecular weight excluding hydrogens is 248 g/mol. The van der Waals surface area contributed by atoms with Crippen molar-refractivity contribution in [1.29, 1.82) is 0 Å². The number of aromatic nitrogens is 2. The highest BCUT2D eigenvalue weighted by atomic mass is 16.5. The number of rotatable bonds is 5. The maximum absolute atomic E-state index is 10.6. The predicted octanol–water partition coefficient (Wildman–Crippen LogP) is 1.76. The fraction of sp³-hybridized carbons (Fsp3) is 0.154. The molecule has 6 nitrogen and oxygen atoms in total. The molecule has 0 spiro atoms. The zero-order valence-electron chi connectivity index (χ0n) is 10.2. The monoisotopic (exact) mass is 260 g/mol. The van der Waals surface area contributed by atoms with E-state index in [0.29, 0.717) is 6.61 Å². The number of methoxy groups -OCH3 is 1. The van der Waals surface area contributed by atoms with Crippen LogP contribution in [0.15, 0.2) is 36.4 Å². The molecule has 0 saturated carbocycles. The average Bonchev–Trinajstić information content (AvgIpc) is 2.46. The van der Waals surface area contributed by atoms with Gasteiger partial charge in [0, 0.05) is 6.07 Å². The molecule has 0 aliphatic heterocycles. The van der Waals surface area contributed by atoms with Gasteiger partial charge in [0.25, 0.3) is 0 Å². The van der Waals surface area contributed by atoms with Gasteiger partial charge in [-0.05, 0) is 23.8 Å². The first-order valence-corrected chi connectivity index (χ1v) is 5.52. The van der Waals surface area contributed by atoms with Crippen molar-refractivity contribution in [3.63, 3.8) is 0 Å². The minimum Gasteiger partial charge on any atom is -0.497 e. The molecule has 0 fully saturated rings. The van der Waals surface area contributed by atoms with Gasteiger partial charge in [0.05, 0.1) is 7.11 Å². The van der Waals surface area contributed by atoms with Crippen molar-refractivity contribution in [3.8, 4) is 11.6 Å². The van der Waals surface area contributed by atoms with Crippen molar-refractivity contribution in [2.24, 2.45) is 0 Å². The van der Waals surface area contributed by atoms with Crippen LogP contribution in [0, 0.1) is 0 Å². The van der Waals surface area contributed by atoms with E-state index in [1.165, 1.54) is 12.1 Å². The lowest BCUT2D eigenvalue weighted by Gasteiger charge is -2.06. The molecule has 0 amide bonds. The number of carbonyl (C=O) groups is 1. The Bertz CT molecular complexity index is 569. The Kier molecular flexibility index (Phi) is 3.92. The van der Waals surface area contributed by atoms with Crippen LogP contribution in [0.1, 0.15) is 16.1 Å². The second-order valence-corrected chi connectivity index (χ2v) is 3.70. The standard InChI is InChI=1S/C13H12N2O4/c1-18-10-4-2-3-9(7-10)8-19-12-6-5-11(13(16)17)14-15-12/h2-7H,8H2,1H3,(H,16,17). The summed E-state index contributed by atoms with van der Waals surface area (Å²) in [6.07, 6.45) is 0. The van der Waals surface area contributed by atoms with Gasteiger partial charge in [-0.25, -0.2) is 4.79 Å². The largest absolute Gasteiger partial charge is 0.497 e. The third kappa shape index (κ3) is 3.41. The fourth-order valence-corrected chi connectivity index (χ4v) is 1.43. The molecule has 2 aromatic rings. The molecule has 19 heavy (non-hydrogen) atoms. The number of hydrogen-bond donors (Lipinski definition) is 1. The number of ether oxygens (including phenoxy) is 2.